The van der Waals surface area contributed by atoms with Crippen molar-refractivity contribution < 1.29 is 13.9 Å². The van der Waals surface area contributed by atoms with Gasteiger partial charge in [0.15, 0.2) is 11.5 Å². The first-order valence-corrected chi connectivity index (χ1v) is 7.46. The van der Waals surface area contributed by atoms with E-state index in [0.29, 0.717) is 22.7 Å². The van der Waals surface area contributed by atoms with E-state index in [4.69, 9.17) is 19.6 Å². The molecular formula is C19H14N2O3. The van der Waals surface area contributed by atoms with E-state index in [1.807, 2.05) is 48.5 Å². The lowest BCUT2D eigenvalue weighted by atomic mass is 9.87. The third-order valence-electron chi connectivity index (χ3n) is 4.17. The molecule has 1 atom stereocenters. The second-order valence-electron chi connectivity index (χ2n) is 5.49. The first-order valence-electron chi connectivity index (χ1n) is 7.46. The Bertz CT molecular complexity index is 994. The molecule has 1 unspecified atom stereocenters. The predicted octanol–water partition coefficient (Wildman–Crippen LogP) is 3.66. The molecular weight excluding hydrogens is 304 g/mol. The SMILES string of the molecule is COc1ccc(C2C(C#N)=C(N)Oc3c2oc2ccccc32)cc1. The largest absolute Gasteiger partial charge is 0.497 e. The summed E-state index contributed by atoms with van der Waals surface area (Å²) < 4.78 is 16.9. The number of allylic oxidation sites excluding steroid dienone is 1. The number of furan rings is 1. The van der Waals surface area contributed by atoms with Crippen molar-refractivity contribution in [2.45, 2.75) is 5.92 Å². The minimum absolute atomic E-state index is 0.109. The molecule has 1 aromatic heterocycles. The Labute approximate surface area is 138 Å². The van der Waals surface area contributed by atoms with Crippen LogP contribution >= 0.6 is 0 Å². The maximum Gasteiger partial charge on any atom is 0.206 e. The number of hydrogen-bond donors (Lipinski definition) is 1. The van der Waals surface area contributed by atoms with E-state index in [1.165, 1.54) is 0 Å². The molecule has 0 radical (unpaired) electrons. The lowest BCUT2D eigenvalue weighted by Crippen LogP contribution is -2.20. The fraction of sp³-hybridized carbons (Fsp3) is 0.105. The lowest BCUT2D eigenvalue weighted by Gasteiger charge is -2.22. The van der Waals surface area contributed by atoms with Crippen LogP contribution in [0.25, 0.3) is 11.0 Å². The van der Waals surface area contributed by atoms with Crippen molar-refractivity contribution in [2.24, 2.45) is 5.73 Å². The molecule has 0 fully saturated rings. The van der Waals surface area contributed by atoms with Gasteiger partial charge in [-0.1, -0.05) is 24.3 Å². The van der Waals surface area contributed by atoms with E-state index < -0.39 is 5.92 Å². The van der Waals surface area contributed by atoms with Gasteiger partial charge in [-0.15, -0.1) is 0 Å². The van der Waals surface area contributed by atoms with Gasteiger partial charge in [0.1, 0.15) is 23.0 Å². The summed E-state index contributed by atoms with van der Waals surface area (Å²) in [6.07, 6.45) is 0. The number of para-hydroxylation sites is 1. The average molecular weight is 318 g/mol. The summed E-state index contributed by atoms with van der Waals surface area (Å²) in [6, 6.07) is 17.2. The van der Waals surface area contributed by atoms with Gasteiger partial charge in [-0.3, -0.25) is 0 Å². The van der Waals surface area contributed by atoms with E-state index in [2.05, 4.69) is 6.07 Å². The molecule has 0 saturated carbocycles. The Hall–Kier alpha value is -3.39. The topological polar surface area (TPSA) is 81.4 Å². The summed E-state index contributed by atoms with van der Waals surface area (Å²) in [5.41, 5.74) is 7.94. The van der Waals surface area contributed by atoms with E-state index in [9.17, 15) is 5.26 Å². The van der Waals surface area contributed by atoms with E-state index >= 15 is 0 Å². The number of methoxy groups -OCH3 is 1. The molecule has 0 saturated heterocycles. The standard InChI is InChI=1S/C19H14N2O3/c1-22-12-8-6-11(7-9-12)16-14(10-20)19(21)24-17-13-4-2-3-5-15(13)23-18(16)17/h2-9,16H,21H2,1H3. The number of hydrogen-bond acceptors (Lipinski definition) is 5. The molecule has 0 bridgehead atoms. The first kappa shape index (κ1) is 14.2. The summed E-state index contributed by atoms with van der Waals surface area (Å²) in [4.78, 5) is 0. The van der Waals surface area contributed by atoms with Crippen LogP contribution in [0.3, 0.4) is 0 Å². The minimum Gasteiger partial charge on any atom is -0.497 e. The number of rotatable bonds is 2. The number of ether oxygens (including phenoxy) is 2. The summed E-state index contributed by atoms with van der Waals surface area (Å²) in [5.74, 6) is 1.61. The Morgan fingerprint density at radius 3 is 2.58 bits per heavy atom. The second-order valence-corrected chi connectivity index (χ2v) is 5.49. The average Bonchev–Trinajstić information content (AvgIpc) is 2.99. The molecule has 1 aliphatic heterocycles. The van der Waals surface area contributed by atoms with Crippen LogP contribution in [0.15, 0.2) is 64.4 Å². The van der Waals surface area contributed by atoms with Gasteiger partial charge in [-0.2, -0.15) is 5.26 Å². The Morgan fingerprint density at radius 2 is 1.88 bits per heavy atom. The van der Waals surface area contributed by atoms with Gasteiger partial charge < -0.3 is 19.6 Å². The first-order chi connectivity index (χ1) is 11.7. The molecule has 3 aromatic rings. The fourth-order valence-corrected chi connectivity index (χ4v) is 3.01. The zero-order valence-corrected chi connectivity index (χ0v) is 12.9. The molecule has 0 aliphatic carbocycles. The van der Waals surface area contributed by atoms with Crippen LogP contribution in [0, 0.1) is 11.3 Å². The Balaban J connectivity index is 1.95. The molecule has 0 amide bonds. The maximum absolute atomic E-state index is 9.56. The molecule has 5 nitrogen and oxygen atoms in total. The van der Waals surface area contributed by atoms with E-state index in [-0.39, 0.29) is 5.88 Å². The summed E-state index contributed by atoms with van der Waals surface area (Å²) in [7, 11) is 1.61. The van der Waals surface area contributed by atoms with Gasteiger partial charge >= 0.3 is 0 Å². The zero-order chi connectivity index (χ0) is 16.7. The second kappa shape index (κ2) is 5.36. The summed E-state index contributed by atoms with van der Waals surface area (Å²) in [6.45, 7) is 0. The zero-order valence-electron chi connectivity index (χ0n) is 12.9. The van der Waals surface area contributed by atoms with Gasteiger partial charge in [0.25, 0.3) is 0 Å². The third-order valence-corrected chi connectivity index (χ3v) is 4.17. The van der Waals surface area contributed by atoms with E-state index in [1.54, 1.807) is 7.11 Å². The van der Waals surface area contributed by atoms with E-state index in [0.717, 1.165) is 16.7 Å². The fourth-order valence-electron chi connectivity index (χ4n) is 3.01. The monoisotopic (exact) mass is 318 g/mol. The maximum atomic E-state index is 9.56. The number of nitrogens with two attached hydrogens (primary N) is 1. The summed E-state index contributed by atoms with van der Waals surface area (Å²) >= 11 is 0. The number of nitrogens with zero attached hydrogens (tertiary/aromatic N) is 1. The van der Waals surface area contributed by atoms with Gasteiger partial charge in [0, 0.05) is 0 Å². The smallest absolute Gasteiger partial charge is 0.206 e. The molecule has 2 aromatic carbocycles. The van der Waals surface area contributed by atoms with Crippen molar-refractivity contribution in [1.82, 2.24) is 0 Å². The van der Waals surface area contributed by atoms with Crippen molar-refractivity contribution in [2.75, 3.05) is 7.11 Å². The Morgan fingerprint density at radius 1 is 1.12 bits per heavy atom. The van der Waals surface area contributed by atoms with Crippen molar-refractivity contribution >= 4 is 11.0 Å². The highest BCUT2D eigenvalue weighted by molar-refractivity contribution is 5.87. The van der Waals surface area contributed by atoms with Crippen LogP contribution in [0.2, 0.25) is 0 Å². The van der Waals surface area contributed by atoms with Crippen molar-refractivity contribution in [3.8, 4) is 17.6 Å². The molecule has 0 spiro atoms. The highest BCUT2D eigenvalue weighted by Crippen LogP contribution is 2.47. The highest BCUT2D eigenvalue weighted by Gasteiger charge is 2.35. The van der Waals surface area contributed by atoms with Crippen LogP contribution < -0.4 is 15.2 Å². The lowest BCUT2D eigenvalue weighted by molar-refractivity contribution is 0.372. The molecule has 1 aliphatic rings. The van der Waals surface area contributed by atoms with Crippen LogP contribution in [-0.4, -0.2) is 7.11 Å². The number of benzene rings is 2. The Kier molecular flexibility index (Phi) is 3.17. The van der Waals surface area contributed by atoms with Gasteiger partial charge in [0.05, 0.1) is 18.4 Å². The molecule has 4 rings (SSSR count). The van der Waals surface area contributed by atoms with Crippen LogP contribution in [0.4, 0.5) is 0 Å². The van der Waals surface area contributed by atoms with Crippen molar-refractivity contribution in [1.29, 1.82) is 5.26 Å². The molecule has 24 heavy (non-hydrogen) atoms. The predicted molar refractivity (Wildman–Crippen MR) is 88.5 cm³/mol. The molecule has 2 N–H and O–H groups in total. The molecule has 118 valence electrons. The van der Waals surface area contributed by atoms with Crippen molar-refractivity contribution in [3.63, 3.8) is 0 Å². The molecule has 2 heterocycles. The van der Waals surface area contributed by atoms with Gasteiger partial charge in [-0.25, -0.2) is 0 Å². The quantitative estimate of drug-likeness (QED) is 0.780. The summed E-state index contributed by atoms with van der Waals surface area (Å²) in [5, 5.41) is 10.4. The normalized spacial score (nSPS) is 16.4. The number of fused-ring (bicyclic) bond motifs is 3. The van der Waals surface area contributed by atoms with Crippen LogP contribution in [0.1, 0.15) is 17.2 Å². The van der Waals surface area contributed by atoms with Gasteiger partial charge in [0.2, 0.25) is 5.88 Å². The van der Waals surface area contributed by atoms with Gasteiger partial charge in [-0.05, 0) is 29.8 Å². The minimum atomic E-state index is -0.406. The highest BCUT2D eigenvalue weighted by atomic mass is 16.5. The third kappa shape index (κ3) is 2.01. The van der Waals surface area contributed by atoms with Crippen LogP contribution in [0.5, 0.6) is 11.5 Å². The van der Waals surface area contributed by atoms with Crippen LogP contribution in [-0.2, 0) is 0 Å². The van der Waals surface area contributed by atoms with Crippen molar-refractivity contribution in [3.05, 3.63) is 71.3 Å². The number of nitriles is 1. The molecule has 5 heteroatoms.